The molecule has 0 aromatic heterocycles. The van der Waals surface area contributed by atoms with Crippen molar-refractivity contribution >= 4 is 21.6 Å². The normalized spacial score (nSPS) is 16.6. The topological polar surface area (TPSA) is 75.3 Å². The van der Waals surface area contributed by atoms with Crippen LogP contribution in [0.4, 0.5) is 5.69 Å². The zero-order chi connectivity index (χ0) is 16.2. The Morgan fingerprint density at radius 2 is 1.86 bits per heavy atom. The van der Waals surface area contributed by atoms with Gasteiger partial charge in [0.25, 0.3) is 0 Å². The molecule has 0 aliphatic heterocycles. The smallest absolute Gasteiger partial charge is 0.230 e. The van der Waals surface area contributed by atoms with Crippen LogP contribution in [0.25, 0.3) is 0 Å². The number of rotatable bonds is 7. The Balaban J connectivity index is 2.12. The fraction of sp³-hybridized carbons (Fsp3) is 0.562. The molecular formula is C16H24N2O3S. The predicted molar refractivity (Wildman–Crippen MR) is 88.4 cm³/mol. The number of amides is 1. The van der Waals surface area contributed by atoms with E-state index in [4.69, 9.17) is 0 Å². The Morgan fingerprint density at radius 1 is 1.23 bits per heavy atom. The number of benzene rings is 1. The highest BCUT2D eigenvalue weighted by Crippen LogP contribution is 2.44. The van der Waals surface area contributed by atoms with Gasteiger partial charge in [-0.3, -0.25) is 9.52 Å². The first-order chi connectivity index (χ1) is 10.4. The summed E-state index contributed by atoms with van der Waals surface area (Å²) in [6.45, 7) is 2.81. The van der Waals surface area contributed by atoms with Gasteiger partial charge in [-0.1, -0.05) is 31.9 Å². The minimum atomic E-state index is -3.28. The van der Waals surface area contributed by atoms with Gasteiger partial charge in [-0.25, -0.2) is 8.42 Å². The first-order valence-electron chi connectivity index (χ1n) is 7.74. The third-order valence-electron chi connectivity index (χ3n) is 4.20. The van der Waals surface area contributed by atoms with Crippen LogP contribution in [-0.4, -0.2) is 27.1 Å². The minimum Gasteiger partial charge on any atom is -0.355 e. The number of nitrogens with one attached hydrogen (secondary N) is 2. The first-order valence-corrected chi connectivity index (χ1v) is 9.63. The van der Waals surface area contributed by atoms with E-state index in [2.05, 4.69) is 17.0 Å². The van der Waals surface area contributed by atoms with Crippen LogP contribution in [0, 0.1) is 0 Å². The Labute approximate surface area is 132 Å². The van der Waals surface area contributed by atoms with Gasteiger partial charge in [0.15, 0.2) is 0 Å². The lowest BCUT2D eigenvalue weighted by Crippen LogP contribution is -2.49. The van der Waals surface area contributed by atoms with Gasteiger partial charge < -0.3 is 5.32 Å². The molecule has 1 aliphatic rings. The molecule has 0 atom stereocenters. The van der Waals surface area contributed by atoms with Gasteiger partial charge in [0, 0.05) is 12.2 Å². The molecule has 1 saturated carbocycles. The van der Waals surface area contributed by atoms with Crippen molar-refractivity contribution in [3.63, 3.8) is 0 Å². The van der Waals surface area contributed by atoms with Crippen molar-refractivity contribution < 1.29 is 13.2 Å². The number of hydrogen-bond acceptors (Lipinski definition) is 3. The molecule has 1 aromatic rings. The average Bonchev–Trinajstić information content (AvgIpc) is 2.38. The summed E-state index contributed by atoms with van der Waals surface area (Å²) in [5, 5.41) is 3.03. The summed E-state index contributed by atoms with van der Waals surface area (Å²) >= 11 is 0. The summed E-state index contributed by atoms with van der Waals surface area (Å²) in [7, 11) is -3.28. The number of hydrogen-bond donors (Lipinski definition) is 2. The van der Waals surface area contributed by atoms with Crippen LogP contribution >= 0.6 is 0 Å². The molecule has 0 unspecified atom stereocenters. The quantitative estimate of drug-likeness (QED) is 0.756. The lowest BCUT2D eigenvalue weighted by atomic mass is 9.64. The highest BCUT2D eigenvalue weighted by Gasteiger charge is 2.45. The second kappa shape index (κ2) is 6.69. The molecule has 0 bridgehead atoms. The number of anilines is 1. The molecule has 5 nitrogen and oxygen atoms in total. The van der Waals surface area contributed by atoms with Gasteiger partial charge in [0.1, 0.15) is 0 Å². The van der Waals surface area contributed by atoms with Gasteiger partial charge in [0.2, 0.25) is 15.9 Å². The summed E-state index contributed by atoms with van der Waals surface area (Å²) in [5.41, 5.74) is 1.05. The zero-order valence-corrected chi connectivity index (χ0v) is 14.0. The van der Waals surface area contributed by atoms with Crippen LogP contribution in [0.15, 0.2) is 24.3 Å². The molecule has 2 N–H and O–H groups in total. The summed E-state index contributed by atoms with van der Waals surface area (Å²) in [5.74, 6) is 0.0935. The molecule has 22 heavy (non-hydrogen) atoms. The van der Waals surface area contributed by atoms with Crippen molar-refractivity contribution in [1.29, 1.82) is 0 Å². The van der Waals surface area contributed by atoms with E-state index in [1.54, 1.807) is 12.1 Å². The maximum atomic E-state index is 12.5. The van der Waals surface area contributed by atoms with Crippen molar-refractivity contribution in [3.05, 3.63) is 29.8 Å². The predicted octanol–water partition coefficient (Wildman–Crippen LogP) is 2.40. The standard InChI is InChI=1S/C16H24N2O3S/c1-3-4-12-17-15(19)16(10-5-11-16)13-6-8-14(9-7-13)18-22(2,20)21/h6-9,18H,3-5,10-12H2,1-2H3,(H,17,19). The number of carbonyl (C=O) groups is 1. The molecule has 122 valence electrons. The molecule has 0 radical (unpaired) electrons. The second-order valence-corrected chi connectivity index (χ2v) is 7.75. The molecule has 1 fully saturated rings. The fourth-order valence-electron chi connectivity index (χ4n) is 2.80. The van der Waals surface area contributed by atoms with E-state index in [1.807, 2.05) is 12.1 Å². The van der Waals surface area contributed by atoms with Crippen LogP contribution in [-0.2, 0) is 20.2 Å². The van der Waals surface area contributed by atoms with Crippen LogP contribution in [0.3, 0.4) is 0 Å². The van der Waals surface area contributed by atoms with Crippen molar-refractivity contribution in [2.24, 2.45) is 0 Å². The fourth-order valence-corrected chi connectivity index (χ4v) is 3.36. The third-order valence-corrected chi connectivity index (χ3v) is 4.80. The summed E-state index contributed by atoms with van der Waals surface area (Å²) in [6.07, 6.45) is 5.91. The first kappa shape index (κ1) is 16.8. The van der Waals surface area contributed by atoms with E-state index in [9.17, 15) is 13.2 Å². The van der Waals surface area contributed by atoms with E-state index >= 15 is 0 Å². The Hall–Kier alpha value is -1.56. The third kappa shape index (κ3) is 3.80. The zero-order valence-electron chi connectivity index (χ0n) is 13.2. The van der Waals surface area contributed by atoms with Crippen molar-refractivity contribution in [3.8, 4) is 0 Å². The van der Waals surface area contributed by atoms with E-state index in [0.29, 0.717) is 12.2 Å². The molecule has 0 heterocycles. The molecule has 6 heteroatoms. The van der Waals surface area contributed by atoms with Gasteiger partial charge >= 0.3 is 0 Å². The Morgan fingerprint density at radius 3 is 2.32 bits per heavy atom. The Bertz CT molecular complexity index is 619. The van der Waals surface area contributed by atoms with Crippen molar-refractivity contribution in [1.82, 2.24) is 5.32 Å². The molecule has 0 spiro atoms. The average molecular weight is 324 g/mol. The second-order valence-electron chi connectivity index (χ2n) is 6.00. The Kier molecular flexibility index (Phi) is 5.11. The molecule has 1 aromatic carbocycles. The van der Waals surface area contributed by atoms with E-state index in [-0.39, 0.29) is 5.91 Å². The van der Waals surface area contributed by atoms with Crippen LogP contribution in [0.5, 0.6) is 0 Å². The number of unbranched alkanes of at least 4 members (excludes halogenated alkanes) is 1. The summed E-state index contributed by atoms with van der Waals surface area (Å²) in [6, 6.07) is 7.14. The minimum absolute atomic E-state index is 0.0935. The van der Waals surface area contributed by atoms with E-state index < -0.39 is 15.4 Å². The van der Waals surface area contributed by atoms with E-state index in [1.165, 1.54) is 0 Å². The maximum Gasteiger partial charge on any atom is 0.230 e. The van der Waals surface area contributed by atoms with Crippen LogP contribution in [0.1, 0.15) is 44.6 Å². The molecule has 1 aliphatic carbocycles. The molecule has 0 saturated heterocycles. The monoisotopic (exact) mass is 324 g/mol. The van der Waals surface area contributed by atoms with Crippen LogP contribution in [0.2, 0.25) is 0 Å². The summed E-state index contributed by atoms with van der Waals surface area (Å²) < 4.78 is 24.9. The number of carbonyl (C=O) groups excluding carboxylic acids is 1. The SMILES string of the molecule is CCCCNC(=O)C1(c2ccc(NS(C)(=O)=O)cc2)CCC1. The lowest BCUT2D eigenvalue weighted by Gasteiger charge is -2.40. The van der Waals surface area contributed by atoms with Crippen molar-refractivity contribution in [2.45, 2.75) is 44.4 Å². The maximum absolute atomic E-state index is 12.5. The lowest BCUT2D eigenvalue weighted by molar-refractivity contribution is -0.129. The molecular weight excluding hydrogens is 300 g/mol. The molecule has 1 amide bonds. The van der Waals surface area contributed by atoms with Crippen LogP contribution < -0.4 is 10.0 Å². The van der Waals surface area contributed by atoms with E-state index in [0.717, 1.165) is 43.9 Å². The van der Waals surface area contributed by atoms with Gasteiger partial charge in [0.05, 0.1) is 11.7 Å². The van der Waals surface area contributed by atoms with Gasteiger partial charge in [-0.15, -0.1) is 0 Å². The largest absolute Gasteiger partial charge is 0.355 e. The highest BCUT2D eigenvalue weighted by molar-refractivity contribution is 7.92. The highest BCUT2D eigenvalue weighted by atomic mass is 32.2. The van der Waals surface area contributed by atoms with Crippen molar-refractivity contribution in [2.75, 3.05) is 17.5 Å². The summed E-state index contributed by atoms with van der Waals surface area (Å²) in [4.78, 5) is 12.5. The van der Waals surface area contributed by atoms with Gasteiger partial charge in [-0.2, -0.15) is 0 Å². The molecule has 2 rings (SSSR count). The number of sulfonamides is 1. The van der Waals surface area contributed by atoms with Gasteiger partial charge in [-0.05, 0) is 37.0 Å².